The Morgan fingerprint density at radius 3 is 2.58 bits per heavy atom. The zero-order chi connectivity index (χ0) is 27.4. The van der Waals surface area contributed by atoms with E-state index >= 15 is 0 Å². The number of carbonyl (C=O) groups excluding carboxylic acids is 2. The van der Waals surface area contributed by atoms with Gasteiger partial charge in [0.1, 0.15) is 12.7 Å². The number of carboxylic acids is 1. The zero-order valence-corrected chi connectivity index (χ0v) is 21.4. The van der Waals surface area contributed by atoms with E-state index in [2.05, 4.69) is 10.6 Å². The summed E-state index contributed by atoms with van der Waals surface area (Å²) in [6.45, 7) is 1.18. The van der Waals surface area contributed by atoms with Crippen LogP contribution in [0.25, 0.3) is 10.9 Å². The van der Waals surface area contributed by atoms with Gasteiger partial charge >= 0.3 is 5.97 Å². The van der Waals surface area contributed by atoms with Crippen LogP contribution >= 0.6 is 0 Å². The number of fused-ring (bicyclic) bond motifs is 1. The molecule has 38 heavy (non-hydrogen) atoms. The molecule has 0 aliphatic carbocycles. The molecule has 1 amide bonds. The number of carbonyl (C=O) groups is 3. The number of Topliss-reactive ketones (excluding diaryl/α,β-unsaturated/α-hetero) is 1. The second-order valence-corrected chi connectivity index (χ2v) is 10.8. The monoisotopic (exact) mass is 539 g/mol. The molecule has 1 aliphatic rings. The van der Waals surface area contributed by atoms with Crippen molar-refractivity contribution in [3.05, 3.63) is 65.9 Å². The number of nitrogens with one attached hydrogen (secondary N) is 1. The number of aromatic nitrogens is 1. The molecule has 1 unspecified atom stereocenters. The molecule has 3 aromatic rings. The van der Waals surface area contributed by atoms with Gasteiger partial charge in [0.25, 0.3) is 0 Å². The van der Waals surface area contributed by atoms with E-state index in [0.29, 0.717) is 22.0 Å². The second kappa shape index (κ2) is 11.2. The van der Waals surface area contributed by atoms with Crippen molar-refractivity contribution in [1.29, 1.82) is 0 Å². The Labute approximate surface area is 219 Å². The lowest BCUT2D eigenvalue weighted by Crippen LogP contribution is -2.40. The fourth-order valence-electron chi connectivity index (χ4n) is 4.63. The van der Waals surface area contributed by atoms with E-state index < -0.39 is 28.2 Å². The van der Waals surface area contributed by atoms with Gasteiger partial charge in [0, 0.05) is 53.2 Å². The van der Waals surface area contributed by atoms with Crippen LogP contribution in [0.1, 0.15) is 35.7 Å². The van der Waals surface area contributed by atoms with E-state index in [4.69, 9.17) is 5.11 Å². The third kappa shape index (κ3) is 6.10. The molecule has 0 bridgehead atoms. The van der Waals surface area contributed by atoms with Crippen LogP contribution in [0.2, 0.25) is 0 Å². The van der Waals surface area contributed by atoms with Gasteiger partial charge in [-0.2, -0.15) is 0 Å². The van der Waals surface area contributed by atoms with Gasteiger partial charge in [-0.1, -0.05) is 24.1 Å². The fourth-order valence-corrected chi connectivity index (χ4v) is 5.70. The minimum atomic E-state index is -3.72. The predicted octanol–water partition coefficient (Wildman–Crippen LogP) is 2.59. The average molecular weight is 540 g/mol. The first-order chi connectivity index (χ1) is 18.0. The molecule has 2 aromatic carbocycles. The molecule has 1 saturated heterocycles. The number of rotatable bonds is 8. The number of ketones is 1. The molecule has 2 N–H and O–H groups in total. The number of amides is 1. The highest BCUT2D eigenvalue weighted by molar-refractivity contribution is 7.89. The van der Waals surface area contributed by atoms with Gasteiger partial charge in [-0.3, -0.25) is 9.59 Å². The fraction of sp³-hybridized carbons (Fsp3) is 0.296. The molecule has 0 radical (unpaired) electrons. The Balaban J connectivity index is 1.49. The Morgan fingerprint density at radius 2 is 1.89 bits per heavy atom. The smallest absolute Gasteiger partial charge is 0.382 e. The van der Waals surface area contributed by atoms with E-state index in [-0.39, 0.29) is 49.1 Å². The summed E-state index contributed by atoms with van der Waals surface area (Å²) >= 11 is 0. The van der Waals surface area contributed by atoms with Gasteiger partial charge in [0.05, 0.1) is 11.4 Å². The second-order valence-electron chi connectivity index (χ2n) is 9.05. The molecule has 1 aromatic heterocycles. The minimum Gasteiger partial charge on any atom is -0.472 e. The molecule has 0 saturated carbocycles. The number of halogens is 1. The van der Waals surface area contributed by atoms with Crippen molar-refractivity contribution in [3.63, 3.8) is 0 Å². The van der Waals surface area contributed by atoms with Gasteiger partial charge in [0.15, 0.2) is 5.78 Å². The molecular weight excluding hydrogens is 513 g/mol. The number of carboxylic acid groups (broad SMARTS) is 1. The normalized spacial score (nSPS) is 17.3. The van der Waals surface area contributed by atoms with Crippen molar-refractivity contribution in [3.8, 4) is 11.8 Å². The highest BCUT2D eigenvalue weighted by atomic mass is 32.2. The maximum atomic E-state index is 14.3. The van der Waals surface area contributed by atoms with E-state index in [9.17, 15) is 27.2 Å². The lowest BCUT2D eigenvalue weighted by atomic mass is 10.1. The first kappa shape index (κ1) is 27.0. The summed E-state index contributed by atoms with van der Waals surface area (Å²) in [6, 6.07) is 12.3. The van der Waals surface area contributed by atoms with Crippen molar-refractivity contribution in [2.75, 3.05) is 13.1 Å². The molecule has 1 fully saturated rings. The van der Waals surface area contributed by atoms with Crippen LogP contribution in [0.5, 0.6) is 0 Å². The molecule has 4 rings (SSSR count). The molecule has 2 heterocycles. The molecule has 2 atom stereocenters. The number of benzene rings is 2. The summed E-state index contributed by atoms with van der Waals surface area (Å²) in [7, 11) is -3.72. The van der Waals surface area contributed by atoms with E-state index in [1.165, 1.54) is 24.0 Å². The van der Waals surface area contributed by atoms with Gasteiger partial charge in [-0.15, -0.1) is 0 Å². The maximum Gasteiger partial charge on any atom is 0.382 e. The molecule has 9 nitrogen and oxygen atoms in total. The molecule has 198 valence electrons. The van der Waals surface area contributed by atoms with Crippen molar-refractivity contribution < 1.29 is 32.3 Å². The largest absolute Gasteiger partial charge is 0.472 e. The standard InChI is InChI=1S/C27H26FN3O6S/c1-18(32)24-16-30(25-9-7-19(13-23(24)25)8-10-27(34)35)17-26(33)31-15-20(28)14-21(31)11-12-29-38(36,37)22-5-3-2-4-6-22/h2-7,9,13,16,20-21,29H,11-12,14-15,17H2,1H3,(H,34,35)/t20-,21?/m1/s1. The number of aliphatic carboxylic acids is 1. The van der Waals surface area contributed by atoms with E-state index in [1.54, 1.807) is 47.2 Å². The number of alkyl halides is 1. The number of hydrogen-bond donors (Lipinski definition) is 2. The van der Waals surface area contributed by atoms with Crippen LogP contribution in [0, 0.1) is 11.8 Å². The molecule has 0 spiro atoms. The average Bonchev–Trinajstić information content (AvgIpc) is 3.43. The van der Waals surface area contributed by atoms with Crippen molar-refractivity contribution >= 4 is 38.6 Å². The van der Waals surface area contributed by atoms with Crippen LogP contribution in [-0.4, -0.2) is 66.0 Å². The summed E-state index contributed by atoms with van der Waals surface area (Å²) in [5.41, 5.74) is 1.33. The topological polar surface area (TPSA) is 126 Å². The summed E-state index contributed by atoms with van der Waals surface area (Å²) in [5.74, 6) is 2.67. The number of hydrogen-bond acceptors (Lipinski definition) is 5. The lowest BCUT2D eigenvalue weighted by molar-refractivity contribution is -0.133. The van der Waals surface area contributed by atoms with Gasteiger partial charge in [-0.05, 0) is 43.7 Å². The highest BCUT2D eigenvalue weighted by Crippen LogP contribution is 2.26. The number of nitrogens with zero attached hydrogens (tertiary/aromatic N) is 2. The third-order valence-electron chi connectivity index (χ3n) is 6.39. The summed E-state index contributed by atoms with van der Waals surface area (Å²) in [6.07, 6.45) is 0.676. The Kier molecular flexibility index (Phi) is 7.94. The van der Waals surface area contributed by atoms with Gasteiger partial charge < -0.3 is 14.6 Å². The van der Waals surface area contributed by atoms with Crippen molar-refractivity contribution in [1.82, 2.24) is 14.2 Å². The zero-order valence-electron chi connectivity index (χ0n) is 20.6. The predicted molar refractivity (Wildman–Crippen MR) is 138 cm³/mol. The van der Waals surface area contributed by atoms with E-state index in [0.717, 1.165) is 0 Å². The quantitative estimate of drug-likeness (QED) is 0.335. The molecular formula is C27H26FN3O6S. The van der Waals surface area contributed by atoms with Crippen LogP contribution in [0.15, 0.2) is 59.6 Å². The number of sulfonamides is 1. The Morgan fingerprint density at radius 1 is 1.16 bits per heavy atom. The first-order valence-electron chi connectivity index (χ1n) is 11.9. The maximum absolute atomic E-state index is 14.3. The molecule has 11 heteroatoms. The minimum absolute atomic E-state index is 0.0412. The molecule has 1 aliphatic heterocycles. The SMILES string of the molecule is CC(=O)c1cn(CC(=O)N2C[C@H](F)CC2CCNS(=O)(=O)c2ccccc2)c2ccc(C#CC(=O)O)cc12. The Hall–Kier alpha value is -4.01. The van der Waals surface area contributed by atoms with Gasteiger partial charge in [0.2, 0.25) is 15.9 Å². The van der Waals surface area contributed by atoms with Crippen LogP contribution < -0.4 is 4.72 Å². The van der Waals surface area contributed by atoms with Crippen LogP contribution in [-0.2, 0) is 26.2 Å². The highest BCUT2D eigenvalue weighted by Gasteiger charge is 2.35. The summed E-state index contributed by atoms with van der Waals surface area (Å²) in [4.78, 5) is 37.8. The van der Waals surface area contributed by atoms with Crippen molar-refractivity contribution in [2.45, 2.75) is 43.4 Å². The summed E-state index contributed by atoms with van der Waals surface area (Å²) < 4.78 is 43.4. The first-order valence-corrected chi connectivity index (χ1v) is 13.4. The van der Waals surface area contributed by atoms with Crippen molar-refractivity contribution in [2.24, 2.45) is 0 Å². The van der Waals surface area contributed by atoms with E-state index in [1.807, 2.05) is 5.92 Å². The number of likely N-dealkylation sites (tertiary alicyclic amines) is 1. The van der Waals surface area contributed by atoms with Gasteiger partial charge in [-0.25, -0.2) is 22.3 Å². The van der Waals surface area contributed by atoms with Crippen LogP contribution in [0.4, 0.5) is 4.39 Å². The lowest BCUT2D eigenvalue weighted by Gasteiger charge is -2.25. The third-order valence-corrected chi connectivity index (χ3v) is 7.86. The Bertz CT molecular complexity index is 1560. The summed E-state index contributed by atoms with van der Waals surface area (Å²) in [5, 5.41) is 9.32. The van der Waals surface area contributed by atoms with Crippen LogP contribution in [0.3, 0.4) is 0 Å².